The molecule has 5 nitrogen and oxygen atoms in total. The van der Waals surface area contributed by atoms with Crippen LogP contribution in [0.4, 0.5) is 18.3 Å². The fourth-order valence-corrected chi connectivity index (χ4v) is 4.28. The Hall–Kier alpha value is -2.29. The van der Waals surface area contributed by atoms with Gasteiger partial charge in [0.2, 0.25) is 12.7 Å². The number of carbonyl (C=O) groups excluding carboxylic acids is 1. The zero-order valence-electron chi connectivity index (χ0n) is 14.2. The molecule has 2 unspecified atom stereocenters. The van der Waals surface area contributed by atoms with Gasteiger partial charge in [-0.3, -0.25) is 4.79 Å². The lowest BCUT2D eigenvalue weighted by atomic mass is 9.78. The molecule has 1 fully saturated rings. The number of carbonyl (C=O) groups is 1. The predicted molar refractivity (Wildman–Crippen MR) is 93.8 cm³/mol. The van der Waals surface area contributed by atoms with E-state index in [4.69, 9.17) is 9.47 Å². The molecule has 27 heavy (non-hydrogen) atoms. The van der Waals surface area contributed by atoms with Crippen LogP contribution in [0.1, 0.15) is 25.7 Å². The van der Waals surface area contributed by atoms with Gasteiger partial charge in [0.25, 0.3) is 0 Å². The number of nitrogens with one attached hydrogen (secondary N) is 1. The zero-order valence-corrected chi connectivity index (χ0v) is 15.0. The second-order valence-electron chi connectivity index (χ2n) is 6.63. The van der Waals surface area contributed by atoms with Crippen LogP contribution in [0.15, 0.2) is 23.6 Å². The van der Waals surface area contributed by atoms with Gasteiger partial charge in [-0.2, -0.15) is 13.2 Å². The number of fused-ring (bicyclic) bond motifs is 1. The number of rotatable bonds is 3. The number of nitrogens with zero attached hydrogens (tertiary/aromatic N) is 1. The van der Waals surface area contributed by atoms with Gasteiger partial charge in [-0.05, 0) is 31.0 Å². The van der Waals surface area contributed by atoms with Crippen LogP contribution in [0.5, 0.6) is 11.5 Å². The third-order valence-corrected chi connectivity index (χ3v) is 5.68. The molecule has 0 bridgehead atoms. The van der Waals surface area contributed by atoms with E-state index in [0.29, 0.717) is 35.2 Å². The van der Waals surface area contributed by atoms with Gasteiger partial charge in [-0.1, -0.05) is 12.8 Å². The van der Waals surface area contributed by atoms with Gasteiger partial charge in [-0.25, -0.2) is 4.98 Å². The van der Waals surface area contributed by atoms with Crippen molar-refractivity contribution in [2.45, 2.75) is 31.9 Å². The molecule has 1 aliphatic heterocycles. The topological polar surface area (TPSA) is 60.5 Å². The minimum atomic E-state index is -4.36. The van der Waals surface area contributed by atoms with E-state index in [1.54, 1.807) is 17.5 Å². The molecule has 1 N–H and O–H groups in total. The number of alkyl halides is 3. The minimum Gasteiger partial charge on any atom is -0.454 e. The van der Waals surface area contributed by atoms with Gasteiger partial charge in [0, 0.05) is 16.9 Å². The van der Waals surface area contributed by atoms with Crippen LogP contribution in [-0.4, -0.2) is 23.9 Å². The van der Waals surface area contributed by atoms with Crippen LogP contribution in [0.25, 0.3) is 11.3 Å². The number of halogens is 3. The van der Waals surface area contributed by atoms with Gasteiger partial charge < -0.3 is 14.8 Å². The molecule has 0 spiro atoms. The Balaban J connectivity index is 1.48. The molecule has 144 valence electrons. The average Bonchev–Trinajstić information content (AvgIpc) is 3.29. The Bertz CT molecular complexity index is 853. The Morgan fingerprint density at radius 3 is 2.78 bits per heavy atom. The van der Waals surface area contributed by atoms with Crippen molar-refractivity contribution in [2.75, 3.05) is 12.1 Å². The van der Waals surface area contributed by atoms with E-state index in [9.17, 15) is 18.0 Å². The number of thiazole rings is 1. The van der Waals surface area contributed by atoms with Crippen LogP contribution in [0, 0.1) is 11.8 Å². The molecule has 1 aromatic carbocycles. The van der Waals surface area contributed by atoms with Crippen molar-refractivity contribution in [3.8, 4) is 22.8 Å². The van der Waals surface area contributed by atoms with E-state index in [1.165, 1.54) is 11.3 Å². The number of anilines is 1. The Labute approximate surface area is 157 Å². The SMILES string of the molecule is O=C(Nc1nc(-c2ccc3c(c2)OCO3)cs1)C1CCCCC1C(F)(F)F. The highest BCUT2D eigenvalue weighted by molar-refractivity contribution is 7.14. The summed E-state index contributed by atoms with van der Waals surface area (Å²) in [6.45, 7) is 0.166. The number of benzene rings is 1. The molecule has 2 aromatic rings. The molecule has 2 heterocycles. The number of ether oxygens (including phenoxy) is 2. The second-order valence-corrected chi connectivity index (χ2v) is 7.49. The highest BCUT2D eigenvalue weighted by atomic mass is 32.1. The summed E-state index contributed by atoms with van der Waals surface area (Å²) in [5, 5.41) is 4.60. The van der Waals surface area contributed by atoms with E-state index in [2.05, 4.69) is 10.3 Å². The van der Waals surface area contributed by atoms with Gasteiger partial charge in [0.15, 0.2) is 16.6 Å². The van der Waals surface area contributed by atoms with Crippen LogP contribution in [-0.2, 0) is 4.79 Å². The van der Waals surface area contributed by atoms with Gasteiger partial charge in [0.1, 0.15) is 0 Å². The lowest BCUT2D eigenvalue weighted by Crippen LogP contribution is -2.39. The third-order valence-electron chi connectivity index (χ3n) is 4.93. The monoisotopic (exact) mass is 398 g/mol. The van der Waals surface area contributed by atoms with E-state index in [0.717, 1.165) is 5.56 Å². The van der Waals surface area contributed by atoms with Crippen molar-refractivity contribution in [1.29, 1.82) is 0 Å². The first-order chi connectivity index (χ1) is 12.9. The standard InChI is InChI=1S/C18H17F3N2O3S/c19-18(20,21)12-4-2-1-3-11(12)16(24)23-17-22-13(8-27-17)10-5-6-14-15(7-10)26-9-25-14/h5-8,11-12H,1-4,9H2,(H,22,23,24). The van der Waals surface area contributed by atoms with Crippen LogP contribution < -0.4 is 14.8 Å². The Morgan fingerprint density at radius 2 is 1.96 bits per heavy atom. The Kier molecular flexibility index (Phi) is 4.71. The first kappa shape index (κ1) is 18.1. The number of amides is 1. The quantitative estimate of drug-likeness (QED) is 0.803. The number of hydrogen-bond donors (Lipinski definition) is 1. The second kappa shape index (κ2) is 7.03. The van der Waals surface area contributed by atoms with Crippen LogP contribution in [0.3, 0.4) is 0 Å². The van der Waals surface area contributed by atoms with E-state index in [1.807, 2.05) is 6.07 Å². The first-order valence-electron chi connectivity index (χ1n) is 8.65. The van der Waals surface area contributed by atoms with Crippen molar-refractivity contribution < 1.29 is 27.4 Å². The molecule has 0 radical (unpaired) electrons. The first-order valence-corrected chi connectivity index (χ1v) is 9.53. The molecule has 1 aromatic heterocycles. The molecule has 2 aliphatic rings. The summed E-state index contributed by atoms with van der Waals surface area (Å²) in [6, 6.07) is 5.37. The molecule has 1 saturated carbocycles. The Morgan fingerprint density at radius 1 is 1.19 bits per heavy atom. The average molecular weight is 398 g/mol. The van der Waals surface area contributed by atoms with E-state index in [-0.39, 0.29) is 19.6 Å². The van der Waals surface area contributed by atoms with E-state index >= 15 is 0 Å². The summed E-state index contributed by atoms with van der Waals surface area (Å²) in [5.41, 5.74) is 1.39. The summed E-state index contributed by atoms with van der Waals surface area (Å²) in [5.74, 6) is -1.99. The van der Waals surface area contributed by atoms with Crippen molar-refractivity contribution in [3.05, 3.63) is 23.6 Å². The third kappa shape index (κ3) is 3.73. The van der Waals surface area contributed by atoms with Gasteiger partial charge >= 0.3 is 6.18 Å². The summed E-state index contributed by atoms with van der Waals surface area (Å²) in [4.78, 5) is 16.8. The fourth-order valence-electron chi connectivity index (χ4n) is 3.55. The highest BCUT2D eigenvalue weighted by Gasteiger charge is 2.48. The van der Waals surface area contributed by atoms with Gasteiger partial charge in [0.05, 0.1) is 11.6 Å². The number of aromatic nitrogens is 1. The maximum atomic E-state index is 13.2. The molecule has 9 heteroatoms. The molecule has 0 saturated heterocycles. The number of hydrogen-bond acceptors (Lipinski definition) is 5. The van der Waals surface area contributed by atoms with Gasteiger partial charge in [-0.15, -0.1) is 11.3 Å². The van der Waals surface area contributed by atoms with Crippen molar-refractivity contribution in [2.24, 2.45) is 11.8 Å². The maximum absolute atomic E-state index is 13.2. The van der Waals surface area contributed by atoms with Crippen molar-refractivity contribution in [3.63, 3.8) is 0 Å². The van der Waals surface area contributed by atoms with Crippen molar-refractivity contribution >= 4 is 22.4 Å². The largest absolute Gasteiger partial charge is 0.454 e. The van der Waals surface area contributed by atoms with Crippen LogP contribution >= 0.6 is 11.3 Å². The zero-order chi connectivity index (χ0) is 19.0. The summed E-state index contributed by atoms with van der Waals surface area (Å²) >= 11 is 1.18. The molecule has 1 amide bonds. The fraction of sp³-hybridized carbons (Fsp3) is 0.444. The van der Waals surface area contributed by atoms with E-state index < -0.39 is 23.9 Å². The molecule has 2 atom stereocenters. The molecular weight excluding hydrogens is 381 g/mol. The predicted octanol–water partition coefficient (Wildman–Crippen LogP) is 4.85. The summed E-state index contributed by atoms with van der Waals surface area (Å²) < 4.78 is 50.2. The maximum Gasteiger partial charge on any atom is 0.392 e. The van der Waals surface area contributed by atoms with Crippen LogP contribution in [0.2, 0.25) is 0 Å². The smallest absolute Gasteiger partial charge is 0.392 e. The summed E-state index contributed by atoms with van der Waals surface area (Å²) in [6.07, 6.45) is -2.98. The molecule has 4 rings (SSSR count). The normalized spacial score (nSPS) is 21.9. The lowest BCUT2D eigenvalue weighted by molar-refractivity contribution is -0.197. The molecular formula is C18H17F3N2O3S. The lowest BCUT2D eigenvalue weighted by Gasteiger charge is -2.31. The van der Waals surface area contributed by atoms with Crippen molar-refractivity contribution in [1.82, 2.24) is 4.98 Å². The highest BCUT2D eigenvalue weighted by Crippen LogP contribution is 2.42. The molecule has 1 aliphatic carbocycles. The summed E-state index contributed by atoms with van der Waals surface area (Å²) in [7, 11) is 0. The minimum absolute atomic E-state index is 0.00189.